The number of para-hydroxylation sites is 1. The smallest absolute Gasteiger partial charge is 0.259 e. The number of hydrogen-bond acceptors (Lipinski definition) is 4. The summed E-state index contributed by atoms with van der Waals surface area (Å²) >= 11 is 6.31. The van der Waals surface area contributed by atoms with Crippen molar-refractivity contribution >= 4 is 79.3 Å². The van der Waals surface area contributed by atoms with E-state index in [9.17, 15) is 4.79 Å². The van der Waals surface area contributed by atoms with Gasteiger partial charge in [-0.15, -0.1) is 11.3 Å². The van der Waals surface area contributed by atoms with Crippen molar-refractivity contribution in [3.05, 3.63) is 107 Å². The lowest BCUT2D eigenvalue weighted by Gasteiger charge is -2.33. The summed E-state index contributed by atoms with van der Waals surface area (Å²) in [5.41, 5.74) is 4.89. The van der Waals surface area contributed by atoms with Crippen LogP contribution in [0, 0.1) is 18.5 Å². The van der Waals surface area contributed by atoms with E-state index in [2.05, 4.69) is 95.5 Å². The Balaban J connectivity index is 1.50. The Morgan fingerprint density at radius 2 is 1.77 bits per heavy atom. The molecule has 0 radical (unpaired) electrons. The molecule has 1 heterocycles. The Bertz CT molecular complexity index is 1530. The highest BCUT2D eigenvalue weighted by atomic mass is 127. The molecule has 0 aliphatic heterocycles. The van der Waals surface area contributed by atoms with E-state index in [1.165, 1.54) is 4.88 Å². The fourth-order valence-corrected chi connectivity index (χ4v) is 8.35. The van der Waals surface area contributed by atoms with Gasteiger partial charge in [0, 0.05) is 25.9 Å². The number of halogens is 2. The van der Waals surface area contributed by atoms with E-state index >= 15 is 0 Å². The Kier molecular flexibility index (Phi) is 9.31. The minimum atomic E-state index is -0.0946. The van der Waals surface area contributed by atoms with Crippen LogP contribution in [0.4, 0.5) is 10.7 Å². The molecule has 0 spiro atoms. The molecule has 0 saturated heterocycles. The molecule has 0 saturated carbocycles. The monoisotopic (exact) mass is 774 g/mol. The molecule has 1 aliphatic rings. The molecule has 5 rings (SSSR count). The molecular formula is C33H32I2N2O2S. The topological polar surface area (TPSA) is 50.7 Å². The van der Waals surface area contributed by atoms with Crippen LogP contribution < -0.4 is 10.1 Å². The van der Waals surface area contributed by atoms with E-state index in [1.807, 2.05) is 54.7 Å². The summed E-state index contributed by atoms with van der Waals surface area (Å²) in [5, 5.41) is 3.87. The molecule has 1 amide bonds. The number of rotatable bonds is 7. The van der Waals surface area contributed by atoms with Gasteiger partial charge in [-0.25, -0.2) is 4.99 Å². The van der Waals surface area contributed by atoms with E-state index < -0.39 is 0 Å². The van der Waals surface area contributed by atoms with Gasteiger partial charge in [0.05, 0.1) is 9.13 Å². The fourth-order valence-electron chi connectivity index (χ4n) is 5.04. The number of carbonyl (C=O) groups excluding carboxylic acids is 1. The number of ether oxygens (including phenoxy) is 1. The highest BCUT2D eigenvalue weighted by Crippen LogP contribution is 2.45. The predicted octanol–water partition coefficient (Wildman–Crippen LogP) is 9.69. The van der Waals surface area contributed by atoms with Crippen molar-refractivity contribution in [1.82, 2.24) is 0 Å². The highest BCUT2D eigenvalue weighted by molar-refractivity contribution is 14.1. The summed E-state index contributed by atoms with van der Waals surface area (Å²) in [7, 11) is 0. The van der Waals surface area contributed by atoms with Gasteiger partial charge in [-0.2, -0.15) is 0 Å². The van der Waals surface area contributed by atoms with Crippen LogP contribution in [0.15, 0.2) is 77.8 Å². The number of nitrogens with one attached hydrogen (secondary N) is 1. The van der Waals surface area contributed by atoms with Crippen molar-refractivity contribution in [3.63, 3.8) is 0 Å². The average Bonchev–Trinajstić information content (AvgIpc) is 3.30. The van der Waals surface area contributed by atoms with E-state index in [0.717, 1.165) is 59.5 Å². The lowest BCUT2D eigenvalue weighted by Crippen LogP contribution is -2.27. The van der Waals surface area contributed by atoms with Gasteiger partial charge >= 0.3 is 0 Å². The molecule has 206 valence electrons. The molecule has 7 heteroatoms. The SMILES string of the molecule is CC(C)(C)[C@H]1CCc2c(sc(N=Cc3cc(I)cc(I)c3OCc3ccccc3)c2C(=O)Nc2ccccc2)C1. The number of fused-ring (bicyclic) bond motifs is 1. The number of carbonyl (C=O) groups is 1. The van der Waals surface area contributed by atoms with Crippen LogP contribution in [0.2, 0.25) is 0 Å². The maximum atomic E-state index is 13.7. The van der Waals surface area contributed by atoms with Crippen LogP contribution in [0.5, 0.6) is 5.75 Å². The van der Waals surface area contributed by atoms with Gasteiger partial charge in [-0.3, -0.25) is 4.79 Å². The van der Waals surface area contributed by atoms with Crippen molar-refractivity contribution in [3.8, 4) is 5.75 Å². The van der Waals surface area contributed by atoms with Gasteiger partial charge < -0.3 is 10.1 Å². The van der Waals surface area contributed by atoms with Crippen molar-refractivity contribution in [2.24, 2.45) is 16.3 Å². The molecule has 4 nitrogen and oxygen atoms in total. The highest BCUT2D eigenvalue weighted by Gasteiger charge is 2.33. The Morgan fingerprint density at radius 3 is 2.48 bits per heavy atom. The molecule has 3 aromatic carbocycles. The van der Waals surface area contributed by atoms with Gasteiger partial charge in [0.25, 0.3) is 5.91 Å². The maximum absolute atomic E-state index is 13.7. The summed E-state index contributed by atoms with van der Waals surface area (Å²) in [6, 6.07) is 24.0. The summed E-state index contributed by atoms with van der Waals surface area (Å²) in [6.07, 6.45) is 4.82. The minimum Gasteiger partial charge on any atom is -0.487 e. The first kappa shape index (κ1) is 29.3. The summed E-state index contributed by atoms with van der Waals surface area (Å²) in [4.78, 5) is 19.9. The second-order valence-electron chi connectivity index (χ2n) is 11.1. The molecular weight excluding hydrogens is 742 g/mol. The predicted molar refractivity (Wildman–Crippen MR) is 184 cm³/mol. The molecule has 0 bridgehead atoms. The number of nitrogens with zero attached hydrogens (tertiary/aromatic N) is 1. The van der Waals surface area contributed by atoms with Gasteiger partial charge in [0.1, 0.15) is 17.4 Å². The van der Waals surface area contributed by atoms with E-state index in [1.54, 1.807) is 11.3 Å². The van der Waals surface area contributed by atoms with Crippen molar-refractivity contribution in [1.29, 1.82) is 0 Å². The van der Waals surface area contributed by atoms with Crippen LogP contribution in [0.3, 0.4) is 0 Å². The molecule has 4 aromatic rings. The number of benzene rings is 3. The van der Waals surface area contributed by atoms with Crippen LogP contribution in [-0.4, -0.2) is 12.1 Å². The molecule has 1 aromatic heterocycles. The lowest BCUT2D eigenvalue weighted by molar-refractivity contribution is 0.102. The zero-order valence-corrected chi connectivity index (χ0v) is 28.0. The number of anilines is 1. The van der Waals surface area contributed by atoms with Gasteiger partial charge in [-0.1, -0.05) is 69.3 Å². The third-order valence-corrected chi connectivity index (χ3v) is 9.90. The third kappa shape index (κ3) is 6.97. The number of amides is 1. The minimum absolute atomic E-state index is 0.0946. The number of hydrogen-bond donors (Lipinski definition) is 1. The second kappa shape index (κ2) is 12.7. The van der Waals surface area contributed by atoms with Crippen molar-refractivity contribution in [2.75, 3.05) is 5.32 Å². The Morgan fingerprint density at radius 1 is 1.07 bits per heavy atom. The first-order valence-corrected chi connectivity index (χ1v) is 16.4. The second-order valence-corrected chi connectivity index (χ2v) is 14.6. The summed E-state index contributed by atoms with van der Waals surface area (Å²) in [5.74, 6) is 1.29. The van der Waals surface area contributed by atoms with Gasteiger partial charge in [0.2, 0.25) is 0 Å². The van der Waals surface area contributed by atoms with Gasteiger partial charge in [0.15, 0.2) is 0 Å². The molecule has 40 heavy (non-hydrogen) atoms. The van der Waals surface area contributed by atoms with Crippen LogP contribution in [0.1, 0.15) is 59.1 Å². The number of aliphatic imine (C=N–C) groups is 1. The molecule has 1 N–H and O–H groups in total. The van der Waals surface area contributed by atoms with Crippen molar-refractivity contribution in [2.45, 2.75) is 46.6 Å². The summed E-state index contributed by atoms with van der Waals surface area (Å²) in [6.45, 7) is 7.42. The Hall–Kier alpha value is -2.24. The maximum Gasteiger partial charge on any atom is 0.259 e. The Labute approximate surface area is 267 Å². The quantitative estimate of drug-likeness (QED) is 0.150. The number of thiophene rings is 1. The molecule has 0 unspecified atom stereocenters. The normalized spacial score (nSPS) is 15.2. The fraction of sp³-hybridized carbons (Fsp3) is 0.273. The molecule has 1 atom stereocenters. The lowest BCUT2D eigenvalue weighted by atomic mass is 9.72. The van der Waals surface area contributed by atoms with Crippen LogP contribution in [-0.2, 0) is 19.4 Å². The van der Waals surface area contributed by atoms with E-state index in [4.69, 9.17) is 9.73 Å². The molecule has 1 aliphatic carbocycles. The summed E-state index contributed by atoms with van der Waals surface area (Å²) < 4.78 is 8.45. The first-order chi connectivity index (χ1) is 19.2. The standard InChI is InChI=1S/C33H32I2N2O2S/c1-33(2,3)23-14-15-26-28(17-23)40-32(29(26)31(38)37-25-12-8-5-9-13-25)36-19-22-16-24(34)18-27(35)30(22)39-20-21-10-6-4-7-11-21/h4-13,16,18-19,23H,14-15,17,20H2,1-3H3,(H,37,38)/t23-/m0/s1. The zero-order chi connectivity index (χ0) is 28.3. The third-order valence-electron chi connectivity index (χ3n) is 7.31. The van der Waals surface area contributed by atoms with Gasteiger partial charge in [-0.05, 0) is 111 Å². The molecule has 0 fully saturated rings. The van der Waals surface area contributed by atoms with Crippen LogP contribution >= 0.6 is 56.5 Å². The largest absolute Gasteiger partial charge is 0.487 e. The first-order valence-electron chi connectivity index (χ1n) is 13.4. The van der Waals surface area contributed by atoms with Crippen molar-refractivity contribution < 1.29 is 9.53 Å². The van der Waals surface area contributed by atoms with E-state index in [0.29, 0.717) is 18.1 Å². The average molecular weight is 775 g/mol. The zero-order valence-electron chi connectivity index (χ0n) is 22.8. The van der Waals surface area contributed by atoms with Crippen LogP contribution in [0.25, 0.3) is 0 Å². The van der Waals surface area contributed by atoms with E-state index in [-0.39, 0.29) is 11.3 Å².